The van der Waals surface area contributed by atoms with Crippen molar-refractivity contribution in [1.29, 1.82) is 5.26 Å². The van der Waals surface area contributed by atoms with Gasteiger partial charge >= 0.3 is 0 Å². The number of nitrogens with zero attached hydrogens (tertiary/aromatic N) is 2. The molecule has 0 radical (unpaired) electrons. The number of rotatable bonds is 2. The largest absolute Gasteiger partial charge is 0.505 e. The molecule has 2 aromatic carbocycles. The second-order valence-electron chi connectivity index (χ2n) is 5.52. The van der Waals surface area contributed by atoms with E-state index in [1.54, 1.807) is 6.07 Å². The molecule has 0 aliphatic rings. The predicted molar refractivity (Wildman–Crippen MR) is 93.0 cm³/mol. The lowest BCUT2D eigenvalue weighted by Crippen LogP contribution is -1.89. The maximum atomic E-state index is 10.2. The number of aromatic nitrogens is 1. The molecule has 0 aliphatic carbocycles. The van der Waals surface area contributed by atoms with Gasteiger partial charge in [-0.05, 0) is 48.7 Å². The molecular weight excluding hydrogens is 284 g/mol. The number of phenols is 1. The van der Waals surface area contributed by atoms with Crippen LogP contribution in [0.1, 0.15) is 27.9 Å². The van der Waals surface area contributed by atoms with E-state index in [1.807, 2.05) is 62.4 Å². The van der Waals surface area contributed by atoms with Crippen LogP contribution < -0.4 is 0 Å². The molecule has 0 spiro atoms. The Labute approximate surface area is 135 Å². The SMILES string of the molecule is Cc1cc(C)c2ccc(/C=C/c3ccccc3C#N)nc2c1O. The molecule has 0 aliphatic heterocycles. The normalized spacial score (nSPS) is 11.0. The van der Waals surface area contributed by atoms with Crippen molar-refractivity contribution in [2.24, 2.45) is 0 Å². The lowest BCUT2D eigenvalue weighted by molar-refractivity contribution is 0.476. The van der Waals surface area contributed by atoms with Gasteiger partial charge in [-0.15, -0.1) is 0 Å². The number of nitriles is 1. The Kier molecular flexibility index (Phi) is 3.82. The van der Waals surface area contributed by atoms with E-state index in [1.165, 1.54) is 0 Å². The Morgan fingerprint density at radius 3 is 2.61 bits per heavy atom. The van der Waals surface area contributed by atoms with Crippen molar-refractivity contribution in [1.82, 2.24) is 4.98 Å². The van der Waals surface area contributed by atoms with Gasteiger partial charge in [0.15, 0.2) is 0 Å². The van der Waals surface area contributed by atoms with Crippen LogP contribution in [0, 0.1) is 25.2 Å². The summed E-state index contributed by atoms with van der Waals surface area (Å²) in [5, 5.41) is 20.3. The fraction of sp³-hybridized carbons (Fsp3) is 0.100. The average Bonchev–Trinajstić information content (AvgIpc) is 2.58. The van der Waals surface area contributed by atoms with Crippen molar-refractivity contribution in [2.45, 2.75) is 13.8 Å². The van der Waals surface area contributed by atoms with Crippen LogP contribution in [0.15, 0.2) is 42.5 Å². The zero-order chi connectivity index (χ0) is 16.4. The van der Waals surface area contributed by atoms with Crippen molar-refractivity contribution < 1.29 is 5.11 Å². The molecule has 0 fully saturated rings. The number of hydrogen-bond donors (Lipinski definition) is 1. The number of fused-ring (bicyclic) bond motifs is 1. The third-order valence-electron chi connectivity index (χ3n) is 3.89. The quantitative estimate of drug-likeness (QED) is 0.752. The minimum absolute atomic E-state index is 0.221. The highest BCUT2D eigenvalue weighted by Gasteiger charge is 2.08. The van der Waals surface area contributed by atoms with Gasteiger partial charge in [0, 0.05) is 5.39 Å². The molecule has 1 aromatic heterocycles. The summed E-state index contributed by atoms with van der Waals surface area (Å²) in [6, 6.07) is 15.4. The summed E-state index contributed by atoms with van der Waals surface area (Å²) in [5.74, 6) is 0.221. The Hall–Kier alpha value is -3.12. The Balaban J connectivity index is 2.06. The summed E-state index contributed by atoms with van der Waals surface area (Å²) in [5.41, 5.74) is 4.73. The van der Waals surface area contributed by atoms with Crippen molar-refractivity contribution in [3.63, 3.8) is 0 Å². The highest BCUT2D eigenvalue weighted by molar-refractivity contribution is 5.89. The summed E-state index contributed by atoms with van der Waals surface area (Å²) in [7, 11) is 0. The lowest BCUT2D eigenvalue weighted by Gasteiger charge is -2.08. The third-order valence-corrected chi connectivity index (χ3v) is 3.89. The molecule has 0 atom stereocenters. The highest BCUT2D eigenvalue weighted by atomic mass is 16.3. The van der Waals surface area contributed by atoms with Crippen molar-refractivity contribution in [3.05, 3.63) is 70.4 Å². The maximum Gasteiger partial charge on any atom is 0.144 e. The third kappa shape index (κ3) is 2.79. The van der Waals surface area contributed by atoms with E-state index in [-0.39, 0.29) is 5.75 Å². The van der Waals surface area contributed by atoms with Gasteiger partial charge < -0.3 is 5.11 Å². The standard InChI is InChI=1S/C20H16N2O/c1-13-11-14(2)20(23)19-18(13)10-9-17(22-19)8-7-15-5-3-4-6-16(15)12-21/h3-11,23H,1-2H3/b8-7+. The molecule has 0 bridgehead atoms. The second kappa shape index (κ2) is 5.94. The molecule has 3 heteroatoms. The molecule has 0 amide bonds. The van der Waals surface area contributed by atoms with Crippen LogP contribution in [-0.4, -0.2) is 10.1 Å². The van der Waals surface area contributed by atoms with Gasteiger partial charge in [-0.1, -0.05) is 36.4 Å². The molecule has 112 valence electrons. The van der Waals surface area contributed by atoms with Gasteiger partial charge in [0.2, 0.25) is 0 Å². The molecule has 3 aromatic rings. The maximum absolute atomic E-state index is 10.2. The van der Waals surface area contributed by atoms with Gasteiger partial charge in [-0.25, -0.2) is 4.98 Å². The van der Waals surface area contributed by atoms with Crippen molar-refractivity contribution in [3.8, 4) is 11.8 Å². The van der Waals surface area contributed by atoms with Crippen molar-refractivity contribution >= 4 is 23.1 Å². The molecule has 1 N–H and O–H groups in total. The number of pyridine rings is 1. The molecule has 0 unspecified atom stereocenters. The molecule has 0 saturated heterocycles. The number of aromatic hydroxyl groups is 1. The molecule has 3 rings (SSSR count). The fourth-order valence-electron chi connectivity index (χ4n) is 2.64. The van der Waals surface area contributed by atoms with Crippen LogP contribution in [0.5, 0.6) is 5.75 Å². The topological polar surface area (TPSA) is 56.9 Å². The highest BCUT2D eigenvalue weighted by Crippen LogP contribution is 2.30. The summed E-state index contributed by atoms with van der Waals surface area (Å²) < 4.78 is 0. The minimum atomic E-state index is 0.221. The Bertz CT molecular complexity index is 965. The van der Waals surface area contributed by atoms with Gasteiger partial charge in [-0.3, -0.25) is 0 Å². The predicted octanol–water partition coefficient (Wildman–Crippen LogP) is 4.60. The zero-order valence-corrected chi connectivity index (χ0v) is 13.0. The summed E-state index contributed by atoms with van der Waals surface area (Å²) in [6.45, 7) is 3.88. The fourth-order valence-corrected chi connectivity index (χ4v) is 2.64. The Morgan fingerprint density at radius 2 is 1.83 bits per heavy atom. The van der Waals surface area contributed by atoms with Crippen LogP contribution in [0.3, 0.4) is 0 Å². The van der Waals surface area contributed by atoms with E-state index < -0.39 is 0 Å². The number of aryl methyl sites for hydroxylation is 2. The number of hydrogen-bond acceptors (Lipinski definition) is 3. The Morgan fingerprint density at radius 1 is 1.04 bits per heavy atom. The first kappa shape index (κ1) is 14.8. The second-order valence-corrected chi connectivity index (χ2v) is 5.52. The minimum Gasteiger partial charge on any atom is -0.505 e. The van der Waals surface area contributed by atoms with Gasteiger partial charge in [0.25, 0.3) is 0 Å². The first-order valence-electron chi connectivity index (χ1n) is 7.37. The average molecular weight is 300 g/mol. The van der Waals surface area contributed by atoms with Crippen molar-refractivity contribution in [2.75, 3.05) is 0 Å². The van der Waals surface area contributed by atoms with E-state index in [2.05, 4.69) is 11.1 Å². The smallest absolute Gasteiger partial charge is 0.144 e. The van der Waals surface area contributed by atoms with Gasteiger partial charge in [0.1, 0.15) is 11.3 Å². The van der Waals surface area contributed by atoms with Crippen LogP contribution in [0.25, 0.3) is 23.1 Å². The van der Waals surface area contributed by atoms with Gasteiger partial charge in [-0.2, -0.15) is 5.26 Å². The van der Waals surface area contributed by atoms with Crippen LogP contribution in [0.2, 0.25) is 0 Å². The van der Waals surface area contributed by atoms with Crippen LogP contribution >= 0.6 is 0 Å². The van der Waals surface area contributed by atoms with Gasteiger partial charge in [0.05, 0.1) is 17.3 Å². The van der Waals surface area contributed by atoms with E-state index >= 15 is 0 Å². The summed E-state index contributed by atoms with van der Waals surface area (Å²) in [4.78, 5) is 4.55. The van der Waals surface area contributed by atoms with E-state index in [4.69, 9.17) is 5.26 Å². The zero-order valence-electron chi connectivity index (χ0n) is 13.0. The van der Waals surface area contributed by atoms with E-state index in [0.717, 1.165) is 27.8 Å². The molecular formula is C20H16N2O. The van der Waals surface area contributed by atoms with E-state index in [0.29, 0.717) is 11.1 Å². The molecule has 23 heavy (non-hydrogen) atoms. The molecule has 0 saturated carbocycles. The first-order chi connectivity index (χ1) is 11.1. The lowest BCUT2D eigenvalue weighted by atomic mass is 10.0. The van der Waals surface area contributed by atoms with E-state index in [9.17, 15) is 5.11 Å². The molecule has 1 heterocycles. The summed E-state index contributed by atoms with van der Waals surface area (Å²) >= 11 is 0. The number of phenolic OH excluding ortho intramolecular Hbond substituents is 1. The monoisotopic (exact) mass is 300 g/mol. The van der Waals surface area contributed by atoms with Crippen LogP contribution in [-0.2, 0) is 0 Å². The summed E-state index contributed by atoms with van der Waals surface area (Å²) in [6.07, 6.45) is 3.72. The van der Waals surface area contributed by atoms with Crippen LogP contribution in [0.4, 0.5) is 0 Å². The number of benzene rings is 2. The first-order valence-corrected chi connectivity index (χ1v) is 7.37. The molecule has 3 nitrogen and oxygen atoms in total.